The van der Waals surface area contributed by atoms with E-state index in [0.29, 0.717) is 45.5 Å². The minimum atomic E-state index is -1.22. The van der Waals surface area contributed by atoms with Crippen LogP contribution in [0.2, 0.25) is 0 Å². The van der Waals surface area contributed by atoms with Gasteiger partial charge in [0.1, 0.15) is 66.7 Å². The maximum Gasteiger partial charge on any atom is 0.328 e. The lowest BCUT2D eigenvalue weighted by molar-refractivity contribution is -0.160. The Balaban J connectivity index is -0.000000145. The number of amides is 3. The van der Waals surface area contributed by atoms with E-state index >= 15 is 0 Å². The summed E-state index contributed by atoms with van der Waals surface area (Å²) in [7, 11) is 0. The van der Waals surface area contributed by atoms with E-state index in [4.69, 9.17) is 30.2 Å². The third-order valence-corrected chi connectivity index (χ3v) is 7.26. The Bertz CT molecular complexity index is 1690. The summed E-state index contributed by atoms with van der Waals surface area (Å²) < 4.78 is 33.1. The van der Waals surface area contributed by atoms with E-state index in [9.17, 15) is 57.5 Å². The Morgan fingerprint density at radius 1 is 0.500 bits per heavy atom. The van der Waals surface area contributed by atoms with Gasteiger partial charge < -0.3 is 65.1 Å². The smallest absolute Gasteiger partial charge is 0.328 e. The minimum absolute atomic E-state index is 0. The molecule has 25 nitrogen and oxygen atoms in total. The first-order valence-corrected chi connectivity index (χ1v) is 20.2. The van der Waals surface area contributed by atoms with Gasteiger partial charge >= 0.3 is 53.7 Å². The summed E-state index contributed by atoms with van der Waals surface area (Å²) in [6.45, 7) is 16.8. The molecule has 0 aromatic carbocycles. The van der Waals surface area contributed by atoms with Gasteiger partial charge in [0.25, 0.3) is 0 Å². The molecule has 4 atom stereocenters. The number of carboxylic acids is 2. The fourth-order valence-corrected chi connectivity index (χ4v) is 4.78. The molecule has 0 bridgehead atoms. The number of nitrogens with one attached hydrogen (secondary N) is 3. The molecule has 4 saturated heterocycles. The van der Waals surface area contributed by atoms with Crippen LogP contribution in [0.25, 0.3) is 0 Å². The van der Waals surface area contributed by atoms with Gasteiger partial charge in [0.15, 0.2) is 0 Å². The van der Waals surface area contributed by atoms with Gasteiger partial charge in [-0.3, -0.25) is 43.2 Å². The van der Waals surface area contributed by atoms with Crippen molar-refractivity contribution < 1.29 is 102 Å². The summed E-state index contributed by atoms with van der Waals surface area (Å²) in [5.74, 6) is -7.71. The number of halogens is 1. The van der Waals surface area contributed by atoms with E-state index in [1.54, 1.807) is 62.3 Å². The summed E-state index contributed by atoms with van der Waals surface area (Å²) >= 11 is 0. The van der Waals surface area contributed by atoms with Gasteiger partial charge in [0, 0.05) is 35.5 Å². The van der Waals surface area contributed by atoms with E-state index < -0.39 is 113 Å². The molecule has 0 aliphatic carbocycles. The topological polar surface area (TPSA) is 372 Å². The molecule has 27 heteroatoms. The van der Waals surface area contributed by atoms with Gasteiger partial charge in [-0.2, -0.15) is 0 Å². The maximum atomic E-state index is 11.4. The van der Waals surface area contributed by atoms with Crippen molar-refractivity contribution in [1.29, 1.82) is 0 Å². The second-order valence-electron chi connectivity index (χ2n) is 17.0. The molecule has 0 spiro atoms. The van der Waals surface area contributed by atoms with E-state index in [1.807, 2.05) is 0 Å². The standard InChI is InChI=1S/2C11H17NO5.C7H9NO5.C7H12O4.C4H7NO2.3CH4.B.ClH.H2/c2*1-11(2,3)17-9(14)6-8(13)12-7-4-5-16-10(7)15;9-5(3-6(10)11)8-4-1-2-13-7(4)12;1-7(2,3)11-6(10)4-5(8)9;5-3-1-2-7-4(3)6;;;;;;/h2*7H,4-6H2,1-3H3,(H,12,13);4H,1-3H2,(H,8,9)(H,10,11);4H2,1-3H3,(H,8,9);3H,1-2,5H2;3*1H4;;2*1H/t2*7-;4-;;3-;;;;;;/m000.0....../s1/i;;;;;;;;;;1+1. The van der Waals surface area contributed by atoms with Crippen LogP contribution in [0.4, 0.5) is 0 Å². The number of hydrogen-bond donors (Lipinski definition) is 6. The molecule has 0 aromatic heterocycles. The molecule has 7 N–H and O–H groups in total. The summed E-state index contributed by atoms with van der Waals surface area (Å²) in [4.78, 5) is 130. The van der Waals surface area contributed by atoms with Crippen molar-refractivity contribution in [2.24, 2.45) is 5.73 Å². The molecule has 70 heavy (non-hydrogen) atoms. The predicted molar refractivity (Wildman–Crippen MR) is 253 cm³/mol. The van der Waals surface area contributed by atoms with Crippen LogP contribution in [-0.2, 0) is 90.7 Å². The molecule has 0 saturated carbocycles. The predicted octanol–water partition coefficient (Wildman–Crippen LogP) is 1.45. The molecule has 405 valence electrons. The van der Waals surface area contributed by atoms with Crippen molar-refractivity contribution in [3.8, 4) is 0 Å². The first-order chi connectivity index (χ1) is 29.8. The lowest BCUT2D eigenvalue weighted by Crippen LogP contribution is -2.39. The third-order valence-electron chi connectivity index (χ3n) is 7.26. The molecule has 0 aromatic rings. The zero-order valence-corrected chi connectivity index (χ0v) is 39.8. The van der Waals surface area contributed by atoms with Crippen LogP contribution < -0.4 is 21.7 Å². The third kappa shape index (κ3) is 38.9. The first-order valence-electron chi connectivity index (χ1n) is 20.2. The summed E-state index contributed by atoms with van der Waals surface area (Å²) in [5, 5.41) is 23.6. The van der Waals surface area contributed by atoms with Crippen LogP contribution in [0.15, 0.2) is 0 Å². The molecular weight excluding hydrogens is 955 g/mol. The maximum absolute atomic E-state index is 11.4. The largest absolute Gasteiger partial charge is 0.481 e. The number of rotatable bonds is 11. The van der Waals surface area contributed by atoms with Crippen molar-refractivity contribution in [1.82, 2.24) is 16.0 Å². The number of carbonyl (C=O) groups excluding carboxylic acids is 10. The molecule has 4 aliphatic rings. The zero-order valence-electron chi connectivity index (χ0n) is 39.0. The molecular formula is C43H77BClN4O21. The summed E-state index contributed by atoms with van der Waals surface area (Å²) in [5.41, 5.74) is 3.36. The fourth-order valence-electron chi connectivity index (χ4n) is 4.78. The fraction of sp³-hybridized carbons (Fsp3) is 0.721. The van der Waals surface area contributed by atoms with Crippen molar-refractivity contribution >= 4 is 92.3 Å². The number of cyclic esters (lactones) is 4. The van der Waals surface area contributed by atoms with Crippen molar-refractivity contribution in [2.75, 3.05) is 26.4 Å². The van der Waals surface area contributed by atoms with Crippen LogP contribution in [0, 0.1) is 0 Å². The second kappa shape index (κ2) is 36.0. The van der Waals surface area contributed by atoms with Gasteiger partial charge in [0.05, 0.1) is 26.4 Å². The monoisotopic (exact) mass is 1030 g/mol. The molecule has 0 unspecified atom stereocenters. The molecule has 4 fully saturated rings. The second-order valence-corrected chi connectivity index (χ2v) is 17.0. The van der Waals surface area contributed by atoms with Crippen LogP contribution in [-0.4, -0.2) is 157 Å². The first kappa shape index (κ1) is 75.5. The van der Waals surface area contributed by atoms with Gasteiger partial charge in [0.2, 0.25) is 17.7 Å². The summed E-state index contributed by atoms with van der Waals surface area (Å²) in [6.07, 6.45) is 0.00393. The number of ether oxygens (including phenoxy) is 7. The van der Waals surface area contributed by atoms with Crippen molar-refractivity contribution in [3.63, 3.8) is 0 Å². The molecule has 4 aliphatic heterocycles. The Kier molecular flexibility index (Phi) is 38.8. The Morgan fingerprint density at radius 2 is 0.743 bits per heavy atom. The van der Waals surface area contributed by atoms with Crippen molar-refractivity contribution in [2.45, 2.75) is 177 Å². The van der Waals surface area contributed by atoms with Gasteiger partial charge in [-0.05, 0) is 62.3 Å². The zero-order chi connectivity index (χ0) is 50.3. The van der Waals surface area contributed by atoms with E-state index in [1.165, 1.54) is 0 Å². The van der Waals surface area contributed by atoms with Crippen LogP contribution in [0.1, 0.15) is 137 Å². The molecule has 4 heterocycles. The van der Waals surface area contributed by atoms with E-state index in [-0.39, 0.29) is 76.0 Å². The lowest BCUT2D eigenvalue weighted by Gasteiger charge is -2.19. The normalized spacial score (nSPS) is 18.2. The van der Waals surface area contributed by atoms with Crippen LogP contribution >= 0.6 is 12.4 Å². The van der Waals surface area contributed by atoms with Gasteiger partial charge in [-0.25, -0.2) is 14.4 Å². The lowest BCUT2D eigenvalue weighted by atomic mass is 10.2. The van der Waals surface area contributed by atoms with Crippen LogP contribution in [0.5, 0.6) is 0 Å². The number of hydrogen-bond acceptors (Lipinski definition) is 20. The average Bonchev–Trinajstić information content (AvgIpc) is 3.90. The minimum Gasteiger partial charge on any atom is -0.481 e. The number of carbonyl (C=O) groups is 12. The van der Waals surface area contributed by atoms with Gasteiger partial charge in [-0.15, -0.1) is 12.4 Å². The van der Waals surface area contributed by atoms with Crippen LogP contribution in [0.3, 0.4) is 0 Å². The summed E-state index contributed by atoms with van der Waals surface area (Å²) in [6, 6.07) is -2.29. The highest BCUT2D eigenvalue weighted by Crippen LogP contribution is 2.12. The Hall–Kier alpha value is -6.05. The van der Waals surface area contributed by atoms with E-state index in [0.717, 1.165) is 0 Å². The molecule has 3 amide bonds. The highest BCUT2D eigenvalue weighted by atomic mass is 35.5. The van der Waals surface area contributed by atoms with E-state index in [2.05, 4.69) is 34.9 Å². The van der Waals surface area contributed by atoms with Gasteiger partial charge in [-0.1, -0.05) is 22.3 Å². The highest BCUT2D eigenvalue weighted by molar-refractivity contribution is 5.97. The number of aliphatic carboxylic acids is 2. The highest BCUT2D eigenvalue weighted by Gasteiger charge is 2.31. The molecule has 3 radical (unpaired) electrons. The SMILES string of the molecule is C.C.C.CC(C)(C)OC(=O)CC(=O)N[C@H]1CCOC1=O.CC(C)(C)OC(=O)CC(=O)N[C@H]1CCOC1=O.CC(C)(C)OC(=O)CC(=O)O.Cl.N[C@H]1CCOC1=O.O=C(O)CC(=O)N[C@H]1CCOC1=O.[2HH].[B]. The Labute approximate surface area is 418 Å². The Morgan fingerprint density at radius 3 is 0.929 bits per heavy atom. The number of carboxylic acid groups (broad SMARTS) is 2. The molecule has 4 rings (SSSR count). The number of nitrogens with two attached hydrogens (primary N) is 1. The number of esters is 7. The quantitative estimate of drug-likeness (QED) is 0.0738. The average molecular weight is 1030 g/mol. The van der Waals surface area contributed by atoms with Crippen molar-refractivity contribution in [3.05, 3.63) is 0 Å².